The Kier molecular flexibility index (Phi) is 9.26. The number of aromatic nitrogens is 2. The molecule has 8 heteroatoms. The molecule has 2 atom stereocenters. The highest BCUT2D eigenvalue weighted by atomic mass is 35.5. The van der Waals surface area contributed by atoms with E-state index in [1.165, 1.54) is 11.1 Å². The van der Waals surface area contributed by atoms with Gasteiger partial charge in [0.1, 0.15) is 0 Å². The smallest absolute Gasteiger partial charge is 0.225 e. The van der Waals surface area contributed by atoms with Crippen LogP contribution >= 0.6 is 24.8 Å². The maximum Gasteiger partial charge on any atom is 0.225 e. The van der Waals surface area contributed by atoms with Gasteiger partial charge in [0, 0.05) is 45.3 Å². The fourth-order valence-electron chi connectivity index (χ4n) is 3.47. The van der Waals surface area contributed by atoms with E-state index in [1.807, 2.05) is 31.6 Å². The number of rotatable bonds is 6. The number of nitrogens with one attached hydrogen (secondary N) is 2. The van der Waals surface area contributed by atoms with Crippen molar-refractivity contribution >= 4 is 30.7 Å². The van der Waals surface area contributed by atoms with E-state index >= 15 is 0 Å². The predicted molar refractivity (Wildman–Crippen MR) is 112 cm³/mol. The van der Waals surface area contributed by atoms with Gasteiger partial charge in [0.05, 0.1) is 12.1 Å². The monoisotopic (exact) mass is 413 g/mol. The molecule has 1 aromatic carbocycles. The van der Waals surface area contributed by atoms with Crippen LogP contribution in [0.2, 0.25) is 0 Å². The lowest BCUT2D eigenvalue weighted by Crippen LogP contribution is -2.34. The molecule has 0 radical (unpaired) electrons. The second-order valence-corrected chi connectivity index (χ2v) is 7.04. The van der Waals surface area contributed by atoms with E-state index in [0.29, 0.717) is 13.1 Å². The van der Waals surface area contributed by atoms with Crippen molar-refractivity contribution in [3.05, 3.63) is 53.3 Å². The maximum atomic E-state index is 12.8. The summed E-state index contributed by atoms with van der Waals surface area (Å²) in [6.45, 7) is 2.97. The van der Waals surface area contributed by atoms with Crippen LogP contribution in [0.4, 0.5) is 0 Å². The van der Waals surface area contributed by atoms with Gasteiger partial charge in [-0.1, -0.05) is 24.3 Å². The first kappa shape index (κ1) is 23.4. The SMILES string of the molecule is CN(C)Cc1ccccc1CNC(=O)[C@H]1CNC[C@@H]1c1cnn(C)c1.Cl.Cl. The van der Waals surface area contributed by atoms with Crippen molar-refractivity contribution in [3.8, 4) is 0 Å². The Morgan fingerprint density at radius 3 is 2.59 bits per heavy atom. The number of benzene rings is 1. The third kappa shape index (κ3) is 5.94. The van der Waals surface area contributed by atoms with Crippen LogP contribution in [0.5, 0.6) is 0 Å². The van der Waals surface area contributed by atoms with E-state index in [2.05, 4.69) is 46.9 Å². The van der Waals surface area contributed by atoms with Gasteiger partial charge in [0.15, 0.2) is 0 Å². The molecule has 0 aliphatic carbocycles. The van der Waals surface area contributed by atoms with Gasteiger partial charge in [0.25, 0.3) is 0 Å². The highest BCUT2D eigenvalue weighted by Crippen LogP contribution is 2.28. The molecule has 6 nitrogen and oxygen atoms in total. The summed E-state index contributed by atoms with van der Waals surface area (Å²) in [5, 5.41) is 10.7. The first-order valence-corrected chi connectivity index (χ1v) is 8.73. The fraction of sp³-hybridized carbons (Fsp3) is 0.474. The van der Waals surface area contributed by atoms with E-state index in [4.69, 9.17) is 0 Å². The van der Waals surface area contributed by atoms with Crippen LogP contribution in [0, 0.1) is 5.92 Å². The van der Waals surface area contributed by atoms with Crippen LogP contribution in [-0.4, -0.2) is 47.8 Å². The molecule has 0 bridgehead atoms. The van der Waals surface area contributed by atoms with Gasteiger partial charge < -0.3 is 15.5 Å². The highest BCUT2D eigenvalue weighted by molar-refractivity contribution is 5.85. The molecule has 1 fully saturated rings. The van der Waals surface area contributed by atoms with Crippen molar-refractivity contribution in [2.24, 2.45) is 13.0 Å². The number of hydrogen-bond acceptors (Lipinski definition) is 4. The summed E-state index contributed by atoms with van der Waals surface area (Å²) < 4.78 is 1.79. The van der Waals surface area contributed by atoms with Gasteiger partial charge in [-0.2, -0.15) is 5.10 Å². The molecule has 0 spiro atoms. The molecular weight excluding hydrogens is 385 g/mol. The van der Waals surface area contributed by atoms with Crippen molar-refractivity contribution in [1.29, 1.82) is 0 Å². The molecule has 1 aromatic heterocycles. The van der Waals surface area contributed by atoms with Crippen LogP contribution in [0.15, 0.2) is 36.7 Å². The minimum atomic E-state index is -0.0507. The van der Waals surface area contributed by atoms with E-state index < -0.39 is 0 Å². The van der Waals surface area contributed by atoms with Gasteiger partial charge in [-0.05, 0) is 30.8 Å². The normalized spacial score (nSPS) is 18.7. The summed E-state index contributed by atoms with van der Waals surface area (Å²) in [6.07, 6.45) is 3.87. The number of aryl methyl sites for hydroxylation is 1. The largest absolute Gasteiger partial charge is 0.352 e. The number of carbonyl (C=O) groups is 1. The topological polar surface area (TPSA) is 62.2 Å². The van der Waals surface area contributed by atoms with E-state index in [-0.39, 0.29) is 42.6 Å². The number of amides is 1. The molecule has 3 rings (SSSR count). The molecule has 2 aromatic rings. The number of hydrogen-bond donors (Lipinski definition) is 2. The molecule has 1 aliphatic heterocycles. The molecule has 0 unspecified atom stereocenters. The zero-order valence-electron chi connectivity index (χ0n) is 16.0. The molecule has 2 heterocycles. The minimum Gasteiger partial charge on any atom is -0.352 e. The van der Waals surface area contributed by atoms with E-state index in [1.54, 1.807) is 4.68 Å². The molecular formula is C19H29Cl2N5O. The molecule has 1 aliphatic rings. The lowest BCUT2D eigenvalue weighted by atomic mass is 9.90. The molecule has 27 heavy (non-hydrogen) atoms. The Morgan fingerprint density at radius 2 is 1.96 bits per heavy atom. The van der Waals surface area contributed by atoms with Crippen molar-refractivity contribution in [1.82, 2.24) is 25.3 Å². The molecule has 2 N–H and O–H groups in total. The Morgan fingerprint density at radius 1 is 1.26 bits per heavy atom. The Bertz CT molecular complexity index is 734. The average molecular weight is 414 g/mol. The summed E-state index contributed by atoms with van der Waals surface area (Å²) in [6, 6.07) is 8.28. The quantitative estimate of drug-likeness (QED) is 0.759. The van der Waals surface area contributed by atoms with Crippen LogP contribution < -0.4 is 10.6 Å². The van der Waals surface area contributed by atoms with Crippen LogP contribution in [0.1, 0.15) is 22.6 Å². The first-order valence-electron chi connectivity index (χ1n) is 8.73. The Balaban J connectivity index is 0.00000182. The molecule has 0 saturated carbocycles. The van der Waals surface area contributed by atoms with Gasteiger partial charge >= 0.3 is 0 Å². The third-order valence-electron chi connectivity index (χ3n) is 4.76. The summed E-state index contributed by atoms with van der Waals surface area (Å²) in [5.74, 6) is 0.245. The average Bonchev–Trinajstić information content (AvgIpc) is 3.21. The van der Waals surface area contributed by atoms with Gasteiger partial charge in [0.2, 0.25) is 5.91 Å². The standard InChI is InChI=1S/C19H27N5O.2ClH/c1-23(2)12-15-7-5-4-6-14(15)8-21-19(25)18-11-20-10-17(18)16-9-22-24(3)13-16;;/h4-7,9,13,17-18,20H,8,10-12H2,1-3H3,(H,21,25);2*1H/t17-,18+;;/m1../s1. The summed E-state index contributed by atoms with van der Waals surface area (Å²) in [7, 11) is 6.01. The van der Waals surface area contributed by atoms with Crippen LogP contribution in [0.25, 0.3) is 0 Å². The Hall–Kier alpha value is -1.60. The van der Waals surface area contributed by atoms with Crippen molar-refractivity contribution in [3.63, 3.8) is 0 Å². The number of carbonyl (C=O) groups excluding carboxylic acids is 1. The third-order valence-corrected chi connectivity index (χ3v) is 4.76. The van der Waals surface area contributed by atoms with Crippen LogP contribution in [0.3, 0.4) is 0 Å². The van der Waals surface area contributed by atoms with Crippen molar-refractivity contribution in [2.75, 3.05) is 27.2 Å². The van der Waals surface area contributed by atoms with Crippen LogP contribution in [-0.2, 0) is 24.9 Å². The summed E-state index contributed by atoms with van der Waals surface area (Å²) in [5.41, 5.74) is 3.55. The second kappa shape index (κ2) is 10.7. The lowest BCUT2D eigenvalue weighted by molar-refractivity contribution is -0.125. The zero-order chi connectivity index (χ0) is 17.8. The Labute approximate surface area is 173 Å². The zero-order valence-corrected chi connectivity index (χ0v) is 17.6. The fourth-order valence-corrected chi connectivity index (χ4v) is 3.47. The second-order valence-electron chi connectivity index (χ2n) is 7.04. The molecule has 150 valence electrons. The number of halogens is 2. The molecule has 1 amide bonds. The van der Waals surface area contributed by atoms with Gasteiger partial charge in [-0.15, -0.1) is 24.8 Å². The van der Waals surface area contributed by atoms with E-state index in [0.717, 1.165) is 18.7 Å². The summed E-state index contributed by atoms with van der Waals surface area (Å²) in [4.78, 5) is 14.9. The van der Waals surface area contributed by atoms with Crippen molar-refractivity contribution in [2.45, 2.75) is 19.0 Å². The minimum absolute atomic E-state index is 0. The highest BCUT2D eigenvalue weighted by Gasteiger charge is 2.34. The lowest BCUT2D eigenvalue weighted by Gasteiger charge is -2.18. The first-order chi connectivity index (χ1) is 12.0. The maximum absolute atomic E-state index is 12.8. The summed E-state index contributed by atoms with van der Waals surface area (Å²) >= 11 is 0. The van der Waals surface area contributed by atoms with Gasteiger partial charge in [-0.25, -0.2) is 0 Å². The van der Waals surface area contributed by atoms with E-state index in [9.17, 15) is 4.79 Å². The molecule has 1 saturated heterocycles. The predicted octanol–water partition coefficient (Wildman–Crippen LogP) is 1.94. The van der Waals surface area contributed by atoms with Crippen molar-refractivity contribution < 1.29 is 4.79 Å². The van der Waals surface area contributed by atoms with Gasteiger partial charge in [-0.3, -0.25) is 9.48 Å². The number of nitrogens with zero attached hydrogens (tertiary/aromatic N) is 3.